The van der Waals surface area contributed by atoms with Crippen molar-refractivity contribution >= 4 is 23.9 Å². The smallest absolute Gasteiger partial charge is 0.407 e. The molecule has 2 N–H and O–H groups in total. The molecule has 0 radical (unpaired) electrons. The second-order valence-electron chi connectivity index (χ2n) is 8.96. The maximum atomic E-state index is 12.9. The van der Waals surface area contributed by atoms with E-state index in [0.717, 1.165) is 32.7 Å². The first kappa shape index (κ1) is 26.4. The quantitative estimate of drug-likeness (QED) is 0.395. The topological polar surface area (TPSA) is 122 Å². The van der Waals surface area contributed by atoms with Gasteiger partial charge in [-0.3, -0.25) is 14.4 Å². The summed E-state index contributed by atoms with van der Waals surface area (Å²) in [5, 5.41) is 11.5. The average Bonchev–Trinajstić information content (AvgIpc) is 3.24. The van der Waals surface area contributed by atoms with Gasteiger partial charge in [0.15, 0.2) is 0 Å². The van der Waals surface area contributed by atoms with E-state index < -0.39 is 42.9 Å². The standard InChI is InChI=1S/C29H28N2O7/c1-31(16-26(32)33)28(35)25(15-27(34)37-17-19-9-3-2-4-10-19)30-29(36)38-18-24-22-13-7-5-11-20(22)21-12-6-8-14-23(21)24/h2-14,24-25H,15-18H2,1H3,(H,30,36)(H,32,33)/t25-/m0/s1. The predicted octanol–water partition coefficient (Wildman–Crippen LogP) is 3.57. The van der Waals surface area contributed by atoms with Crippen molar-refractivity contribution in [1.29, 1.82) is 0 Å². The van der Waals surface area contributed by atoms with E-state index in [2.05, 4.69) is 5.32 Å². The molecular formula is C29H28N2O7. The van der Waals surface area contributed by atoms with Gasteiger partial charge < -0.3 is 24.8 Å². The average molecular weight is 517 g/mol. The van der Waals surface area contributed by atoms with Gasteiger partial charge in [-0.25, -0.2) is 4.79 Å². The van der Waals surface area contributed by atoms with E-state index in [9.17, 15) is 19.2 Å². The maximum absolute atomic E-state index is 12.9. The van der Waals surface area contributed by atoms with Crippen LogP contribution in [0.15, 0.2) is 78.9 Å². The molecule has 0 heterocycles. The van der Waals surface area contributed by atoms with Gasteiger partial charge in [-0.1, -0.05) is 78.9 Å². The summed E-state index contributed by atoms with van der Waals surface area (Å²) in [5.74, 6) is -2.90. The van der Waals surface area contributed by atoms with E-state index in [1.807, 2.05) is 54.6 Å². The number of carboxylic acids is 1. The number of alkyl carbamates (subject to hydrolysis) is 1. The summed E-state index contributed by atoms with van der Waals surface area (Å²) in [6.45, 7) is -0.582. The van der Waals surface area contributed by atoms with Gasteiger partial charge in [0.05, 0.1) is 6.42 Å². The minimum atomic E-state index is -1.36. The Bertz CT molecular complexity index is 1280. The molecule has 0 aromatic heterocycles. The van der Waals surface area contributed by atoms with E-state index in [0.29, 0.717) is 0 Å². The van der Waals surface area contributed by atoms with Crippen LogP contribution in [-0.4, -0.2) is 60.2 Å². The van der Waals surface area contributed by atoms with Crippen molar-refractivity contribution < 1.29 is 33.8 Å². The lowest BCUT2D eigenvalue weighted by molar-refractivity contribution is -0.149. The lowest BCUT2D eigenvalue weighted by Gasteiger charge is -2.23. The molecule has 9 heteroatoms. The van der Waals surface area contributed by atoms with Gasteiger partial charge in [0.2, 0.25) is 5.91 Å². The minimum absolute atomic E-state index is 0.00348. The molecule has 1 aliphatic rings. The molecule has 9 nitrogen and oxygen atoms in total. The number of nitrogens with one attached hydrogen (secondary N) is 1. The van der Waals surface area contributed by atoms with Crippen LogP contribution in [0, 0.1) is 0 Å². The number of carboxylic acid groups (broad SMARTS) is 1. The number of amides is 2. The van der Waals surface area contributed by atoms with Crippen molar-refractivity contribution in [3.05, 3.63) is 95.6 Å². The van der Waals surface area contributed by atoms with Crippen molar-refractivity contribution in [2.75, 3.05) is 20.2 Å². The minimum Gasteiger partial charge on any atom is -0.480 e. The Balaban J connectivity index is 1.41. The summed E-state index contributed by atoms with van der Waals surface area (Å²) < 4.78 is 10.8. The number of fused-ring (bicyclic) bond motifs is 3. The van der Waals surface area contributed by atoms with Crippen LogP contribution in [0.1, 0.15) is 29.0 Å². The number of aliphatic carboxylic acids is 1. The van der Waals surface area contributed by atoms with Crippen molar-refractivity contribution in [2.45, 2.75) is 25.0 Å². The molecule has 0 bridgehead atoms. The van der Waals surface area contributed by atoms with Crippen LogP contribution in [0.3, 0.4) is 0 Å². The number of nitrogens with zero attached hydrogens (tertiary/aromatic N) is 1. The van der Waals surface area contributed by atoms with Crippen molar-refractivity contribution in [3.63, 3.8) is 0 Å². The molecule has 3 aromatic rings. The number of likely N-dealkylation sites (N-methyl/N-ethyl adjacent to an activating group) is 1. The Morgan fingerprint density at radius 2 is 1.45 bits per heavy atom. The first-order chi connectivity index (χ1) is 18.3. The van der Waals surface area contributed by atoms with Crippen LogP contribution in [0.2, 0.25) is 0 Å². The molecule has 3 aromatic carbocycles. The molecular weight excluding hydrogens is 488 g/mol. The van der Waals surface area contributed by atoms with Crippen molar-refractivity contribution in [1.82, 2.24) is 10.2 Å². The highest BCUT2D eigenvalue weighted by Gasteiger charge is 2.31. The molecule has 1 atom stereocenters. The Labute approximate surface area is 220 Å². The van der Waals surface area contributed by atoms with Crippen LogP contribution in [0.25, 0.3) is 11.1 Å². The molecule has 0 saturated carbocycles. The first-order valence-electron chi connectivity index (χ1n) is 12.1. The molecule has 0 unspecified atom stereocenters. The number of ether oxygens (including phenoxy) is 2. The van der Waals surface area contributed by atoms with Crippen LogP contribution in [-0.2, 0) is 30.5 Å². The molecule has 0 fully saturated rings. The maximum Gasteiger partial charge on any atom is 0.407 e. The third-order valence-corrected chi connectivity index (χ3v) is 6.30. The van der Waals surface area contributed by atoms with E-state index in [1.54, 1.807) is 24.3 Å². The van der Waals surface area contributed by atoms with E-state index in [-0.39, 0.29) is 19.1 Å². The van der Waals surface area contributed by atoms with Crippen molar-refractivity contribution in [3.8, 4) is 11.1 Å². The van der Waals surface area contributed by atoms with Crippen LogP contribution in [0.5, 0.6) is 0 Å². The number of carbonyl (C=O) groups is 4. The molecule has 0 spiro atoms. The third kappa shape index (κ3) is 6.36. The molecule has 196 valence electrons. The van der Waals surface area contributed by atoms with Gasteiger partial charge >= 0.3 is 18.0 Å². The normalized spacial score (nSPS) is 12.6. The molecule has 38 heavy (non-hydrogen) atoms. The first-order valence-corrected chi connectivity index (χ1v) is 12.1. The summed E-state index contributed by atoms with van der Waals surface area (Å²) in [7, 11) is 1.28. The van der Waals surface area contributed by atoms with Gasteiger partial charge in [-0.05, 0) is 27.8 Å². The number of carbonyl (C=O) groups excluding carboxylic acids is 3. The fraction of sp³-hybridized carbons (Fsp3) is 0.241. The molecule has 0 saturated heterocycles. The highest BCUT2D eigenvalue weighted by atomic mass is 16.5. The zero-order chi connectivity index (χ0) is 27.1. The highest BCUT2D eigenvalue weighted by Crippen LogP contribution is 2.44. The number of benzene rings is 3. The Morgan fingerprint density at radius 3 is 2.05 bits per heavy atom. The monoisotopic (exact) mass is 516 g/mol. The molecule has 2 amide bonds. The number of esters is 1. The highest BCUT2D eigenvalue weighted by molar-refractivity contribution is 5.91. The third-order valence-electron chi connectivity index (χ3n) is 6.30. The second-order valence-corrected chi connectivity index (χ2v) is 8.96. The van der Waals surface area contributed by atoms with Crippen molar-refractivity contribution in [2.24, 2.45) is 0 Å². The Hall–Kier alpha value is -4.66. The Morgan fingerprint density at radius 1 is 0.868 bits per heavy atom. The lowest BCUT2D eigenvalue weighted by Crippen LogP contribution is -2.49. The largest absolute Gasteiger partial charge is 0.480 e. The van der Waals surface area contributed by atoms with Gasteiger partial charge in [-0.15, -0.1) is 0 Å². The van der Waals surface area contributed by atoms with Crippen LogP contribution < -0.4 is 5.32 Å². The zero-order valence-corrected chi connectivity index (χ0v) is 20.8. The molecule has 1 aliphatic carbocycles. The van der Waals surface area contributed by atoms with Gasteiger partial charge in [-0.2, -0.15) is 0 Å². The number of hydrogen-bond donors (Lipinski definition) is 2. The fourth-order valence-electron chi connectivity index (χ4n) is 4.49. The van der Waals surface area contributed by atoms with E-state index in [4.69, 9.17) is 14.6 Å². The summed E-state index contributed by atoms with van der Waals surface area (Å²) in [6.07, 6.45) is -1.38. The lowest BCUT2D eigenvalue weighted by atomic mass is 9.98. The summed E-state index contributed by atoms with van der Waals surface area (Å²) in [5.41, 5.74) is 4.96. The molecule has 0 aliphatic heterocycles. The number of rotatable bonds is 10. The van der Waals surface area contributed by atoms with Gasteiger partial charge in [0.1, 0.15) is 25.8 Å². The van der Waals surface area contributed by atoms with Crippen LogP contribution in [0.4, 0.5) is 4.79 Å². The van der Waals surface area contributed by atoms with E-state index in [1.165, 1.54) is 7.05 Å². The van der Waals surface area contributed by atoms with E-state index >= 15 is 0 Å². The summed E-state index contributed by atoms with van der Waals surface area (Å²) >= 11 is 0. The predicted molar refractivity (Wildman–Crippen MR) is 138 cm³/mol. The van der Waals surface area contributed by atoms with Crippen LogP contribution >= 0.6 is 0 Å². The second kappa shape index (κ2) is 12.1. The van der Waals surface area contributed by atoms with Gasteiger partial charge in [0, 0.05) is 13.0 Å². The Kier molecular flexibility index (Phi) is 8.37. The fourth-order valence-corrected chi connectivity index (χ4v) is 4.49. The SMILES string of the molecule is CN(CC(=O)O)C(=O)[C@H](CC(=O)OCc1ccccc1)NC(=O)OCC1c2ccccc2-c2ccccc21. The zero-order valence-electron chi connectivity index (χ0n) is 20.8. The van der Waals surface area contributed by atoms with Gasteiger partial charge in [0.25, 0.3) is 0 Å². The summed E-state index contributed by atoms with van der Waals surface area (Å²) in [4.78, 5) is 50.2. The summed E-state index contributed by atoms with van der Waals surface area (Å²) in [6, 6.07) is 23.4. The number of hydrogen-bond acceptors (Lipinski definition) is 6. The molecule has 4 rings (SSSR count).